The summed E-state index contributed by atoms with van der Waals surface area (Å²) in [7, 11) is 0. The molecule has 0 aliphatic carbocycles. The van der Waals surface area contributed by atoms with Crippen LogP contribution in [0.3, 0.4) is 0 Å². The van der Waals surface area contributed by atoms with Crippen LogP contribution in [0.1, 0.15) is 5.56 Å². The second-order valence-corrected chi connectivity index (χ2v) is 3.20. The molecule has 1 fully saturated rings. The van der Waals surface area contributed by atoms with Gasteiger partial charge in [0.2, 0.25) is 5.82 Å². The van der Waals surface area contributed by atoms with Gasteiger partial charge in [-0.3, -0.25) is 10.1 Å². The first-order chi connectivity index (χ1) is 6.66. The molecule has 4 nitrogen and oxygen atoms in total. The number of ether oxygens (including phenoxy) is 1. The molecule has 1 saturated heterocycles. The number of halogens is 1. The van der Waals surface area contributed by atoms with Crippen molar-refractivity contribution in [3.8, 4) is 0 Å². The first kappa shape index (κ1) is 9.08. The van der Waals surface area contributed by atoms with Crippen LogP contribution >= 0.6 is 0 Å². The van der Waals surface area contributed by atoms with Crippen molar-refractivity contribution in [2.45, 2.75) is 12.5 Å². The first-order valence-corrected chi connectivity index (χ1v) is 4.21. The van der Waals surface area contributed by atoms with Crippen LogP contribution in [-0.4, -0.2) is 17.6 Å². The van der Waals surface area contributed by atoms with E-state index >= 15 is 0 Å². The van der Waals surface area contributed by atoms with Gasteiger partial charge in [-0.2, -0.15) is 4.39 Å². The van der Waals surface area contributed by atoms with E-state index < -0.39 is 16.4 Å². The van der Waals surface area contributed by atoms with Crippen LogP contribution in [0.15, 0.2) is 18.2 Å². The number of epoxide rings is 1. The van der Waals surface area contributed by atoms with E-state index in [-0.39, 0.29) is 6.10 Å². The van der Waals surface area contributed by atoms with Gasteiger partial charge in [-0.05, 0) is 11.6 Å². The summed E-state index contributed by atoms with van der Waals surface area (Å²) in [5, 5.41) is 10.3. The molecule has 0 amide bonds. The lowest BCUT2D eigenvalue weighted by Crippen LogP contribution is -1.97. The molecular weight excluding hydrogens is 189 g/mol. The summed E-state index contributed by atoms with van der Waals surface area (Å²) in [4.78, 5) is 9.58. The van der Waals surface area contributed by atoms with Gasteiger partial charge in [0, 0.05) is 12.5 Å². The predicted molar refractivity (Wildman–Crippen MR) is 46.5 cm³/mol. The van der Waals surface area contributed by atoms with Crippen LogP contribution < -0.4 is 0 Å². The molecule has 1 atom stereocenters. The fourth-order valence-corrected chi connectivity index (χ4v) is 1.27. The zero-order valence-electron chi connectivity index (χ0n) is 7.27. The minimum atomic E-state index is -0.784. The minimum Gasteiger partial charge on any atom is -0.373 e. The summed E-state index contributed by atoms with van der Waals surface area (Å²) >= 11 is 0. The Morgan fingerprint density at radius 2 is 2.36 bits per heavy atom. The number of hydrogen-bond donors (Lipinski definition) is 0. The van der Waals surface area contributed by atoms with Crippen LogP contribution in [-0.2, 0) is 11.2 Å². The molecule has 1 aromatic carbocycles. The van der Waals surface area contributed by atoms with Crippen molar-refractivity contribution in [2.75, 3.05) is 6.61 Å². The second-order valence-electron chi connectivity index (χ2n) is 3.20. The number of hydrogen-bond acceptors (Lipinski definition) is 3. The molecule has 1 aliphatic heterocycles. The lowest BCUT2D eigenvalue weighted by Gasteiger charge is -1.98. The van der Waals surface area contributed by atoms with Crippen molar-refractivity contribution in [1.29, 1.82) is 0 Å². The lowest BCUT2D eigenvalue weighted by atomic mass is 10.1. The molecule has 0 aromatic heterocycles. The average molecular weight is 197 g/mol. The smallest absolute Gasteiger partial charge is 0.304 e. The van der Waals surface area contributed by atoms with Crippen molar-refractivity contribution < 1.29 is 14.1 Å². The Kier molecular flexibility index (Phi) is 2.17. The monoisotopic (exact) mass is 197 g/mol. The SMILES string of the molecule is O=[N+]([O-])c1ccc(CC2CO2)cc1F. The molecule has 74 valence electrons. The van der Waals surface area contributed by atoms with Crippen LogP contribution in [0.5, 0.6) is 0 Å². The third kappa shape index (κ3) is 1.88. The van der Waals surface area contributed by atoms with E-state index in [1.807, 2.05) is 0 Å². The Labute approximate surface area is 79.5 Å². The maximum atomic E-state index is 13.1. The molecule has 1 aliphatic rings. The van der Waals surface area contributed by atoms with Crippen LogP contribution in [0.25, 0.3) is 0 Å². The molecule has 1 aromatic rings. The van der Waals surface area contributed by atoms with Gasteiger partial charge in [-0.25, -0.2) is 0 Å². The van der Waals surface area contributed by atoms with Crippen molar-refractivity contribution in [1.82, 2.24) is 0 Å². The molecule has 0 bridgehead atoms. The summed E-state index contributed by atoms with van der Waals surface area (Å²) in [5.74, 6) is -0.784. The normalized spacial score (nSPS) is 19.4. The first-order valence-electron chi connectivity index (χ1n) is 4.21. The van der Waals surface area contributed by atoms with E-state index in [2.05, 4.69) is 0 Å². The molecule has 1 heterocycles. The van der Waals surface area contributed by atoms with E-state index in [0.717, 1.165) is 5.56 Å². The fourth-order valence-electron chi connectivity index (χ4n) is 1.27. The Morgan fingerprint density at radius 1 is 1.64 bits per heavy atom. The van der Waals surface area contributed by atoms with E-state index in [4.69, 9.17) is 4.74 Å². The van der Waals surface area contributed by atoms with Gasteiger partial charge in [0.25, 0.3) is 0 Å². The van der Waals surface area contributed by atoms with Crippen molar-refractivity contribution in [3.05, 3.63) is 39.7 Å². The van der Waals surface area contributed by atoms with Gasteiger partial charge in [-0.1, -0.05) is 6.07 Å². The zero-order valence-corrected chi connectivity index (χ0v) is 7.27. The predicted octanol–water partition coefficient (Wildman–Crippen LogP) is 1.68. The largest absolute Gasteiger partial charge is 0.373 e. The molecule has 2 rings (SSSR count). The Hall–Kier alpha value is -1.49. The number of nitro benzene ring substituents is 1. The van der Waals surface area contributed by atoms with Gasteiger partial charge < -0.3 is 4.74 Å². The van der Waals surface area contributed by atoms with Crippen molar-refractivity contribution >= 4 is 5.69 Å². The highest BCUT2D eigenvalue weighted by molar-refractivity contribution is 5.35. The van der Waals surface area contributed by atoms with Gasteiger partial charge in [-0.15, -0.1) is 0 Å². The van der Waals surface area contributed by atoms with Gasteiger partial charge in [0.05, 0.1) is 17.6 Å². The molecule has 0 saturated carbocycles. The second kappa shape index (κ2) is 3.34. The maximum Gasteiger partial charge on any atom is 0.304 e. The van der Waals surface area contributed by atoms with Crippen LogP contribution in [0, 0.1) is 15.9 Å². The highest BCUT2D eigenvalue weighted by Gasteiger charge is 2.23. The molecule has 1 unspecified atom stereocenters. The van der Waals surface area contributed by atoms with Crippen molar-refractivity contribution in [3.63, 3.8) is 0 Å². The Balaban J connectivity index is 2.20. The summed E-state index contributed by atoms with van der Waals surface area (Å²) in [6.45, 7) is 0.693. The van der Waals surface area contributed by atoms with E-state index in [1.165, 1.54) is 12.1 Å². The summed E-state index contributed by atoms with van der Waals surface area (Å²) < 4.78 is 18.1. The van der Waals surface area contributed by atoms with Crippen LogP contribution in [0.2, 0.25) is 0 Å². The fraction of sp³-hybridized carbons (Fsp3) is 0.333. The van der Waals surface area contributed by atoms with E-state index in [1.54, 1.807) is 6.07 Å². The molecule has 0 radical (unpaired) electrons. The third-order valence-corrected chi connectivity index (χ3v) is 2.07. The lowest BCUT2D eigenvalue weighted by molar-refractivity contribution is -0.387. The van der Waals surface area contributed by atoms with Gasteiger partial charge in [0.15, 0.2) is 0 Å². The van der Waals surface area contributed by atoms with E-state index in [0.29, 0.717) is 13.0 Å². The summed E-state index contributed by atoms with van der Waals surface area (Å²) in [6.07, 6.45) is 0.783. The van der Waals surface area contributed by atoms with Gasteiger partial charge >= 0.3 is 5.69 Å². The van der Waals surface area contributed by atoms with Crippen molar-refractivity contribution in [2.24, 2.45) is 0 Å². The highest BCUT2D eigenvalue weighted by atomic mass is 19.1. The molecule has 0 spiro atoms. The van der Waals surface area contributed by atoms with Gasteiger partial charge in [0.1, 0.15) is 0 Å². The Morgan fingerprint density at radius 3 is 2.86 bits per heavy atom. The molecular formula is C9H8FNO3. The molecule has 5 heteroatoms. The minimum absolute atomic E-state index is 0.163. The third-order valence-electron chi connectivity index (χ3n) is 2.07. The average Bonchev–Trinajstić information content (AvgIpc) is 2.87. The summed E-state index contributed by atoms with van der Waals surface area (Å²) in [5.41, 5.74) is 0.251. The Bertz CT molecular complexity index is 376. The number of rotatable bonds is 3. The number of nitrogens with zero attached hydrogens (tertiary/aromatic N) is 1. The number of benzene rings is 1. The highest BCUT2D eigenvalue weighted by Crippen LogP contribution is 2.21. The molecule has 14 heavy (non-hydrogen) atoms. The zero-order chi connectivity index (χ0) is 10.1. The summed E-state index contributed by atoms with van der Waals surface area (Å²) in [6, 6.07) is 3.94. The van der Waals surface area contributed by atoms with Crippen LogP contribution in [0.4, 0.5) is 10.1 Å². The standard InChI is InChI=1S/C9H8FNO3/c10-8-4-6(3-7-5-14-7)1-2-9(8)11(12)13/h1-2,4,7H,3,5H2. The topological polar surface area (TPSA) is 55.7 Å². The maximum absolute atomic E-state index is 13.1. The van der Waals surface area contributed by atoms with E-state index in [9.17, 15) is 14.5 Å². The quantitative estimate of drug-likeness (QED) is 0.420. The number of nitro groups is 1. The molecule has 0 N–H and O–H groups in total.